The molecule has 0 aromatic heterocycles. The summed E-state index contributed by atoms with van der Waals surface area (Å²) in [6, 6.07) is -0.801. The van der Waals surface area contributed by atoms with Crippen molar-refractivity contribution in [2.75, 3.05) is 6.61 Å². The van der Waals surface area contributed by atoms with Crippen LogP contribution in [0.4, 0.5) is 0 Å². The van der Waals surface area contributed by atoms with Crippen LogP contribution in [0.15, 0.2) is 0 Å². The molecule has 0 radical (unpaired) electrons. The van der Waals surface area contributed by atoms with Crippen LogP contribution in [0.3, 0.4) is 0 Å². The molecule has 0 aliphatic heterocycles. The van der Waals surface area contributed by atoms with E-state index in [1.165, 1.54) is 193 Å². The van der Waals surface area contributed by atoms with E-state index in [1.807, 2.05) is 0 Å². The Kier molecular flexibility index (Phi) is 40.6. The zero-order valence-corrected chi connectivity index (χ0v) is 34.1. The van der Waals surface area contributed by atoms with E-state index in [0.717, 1.165) is 38.5 Å². The third-order valence-electron chi connectivity index (χ3n) is 11.0. The van der Waals surface area contributed by atoms with Crippen molar-refractivity contribution in [2.24, 2.45) is 0 Å². The molecular formula is C45H91NO4. The largest absolute Gasteiger partial charge is 0.394 e. The lowest BCUT2D eigenvalue weighted by Gasteiger charge is -2.26. The van der Waals surface area contributed by atoms with E-state index in [9.17, 15) is 20.1 Å². The molecule has 0 saturated heterocycles. The Balaban J connectivity index is 3.48. The third-order valence-corrected chi connectivity index (χ3v) is 11.0. The van der Waals surface area contributed by atoms with Crippen LogP contribution in [0.5, 0.6) is 0 Å². The Labute approximate surface area is 313 Å². The maximum atomic E-state index is 12.4. The number of hydrogen-bond acceptors (Lipinski definition) is 4. The van der Waals surface area contributed by atoms with Gasteiger partial charge < -0.3 is 20.6 Å². The average molecular weight is 710 g/mol. The Bertz CT molecular complexity index is 659. The van der Waals surface area contributed by atoms with Gasteiger partial charge in [-0.3, -0.25) is 4.79 Å². The smallest absolute Gasteiger partial charge is 0.220 e. The van der Waals surface area contributed by atoms with E-state index >= 15 is 0 Å². The number of unbranched alkanes of at least 4 members (excludes halogenated alkanes) is 34. The van der Waals surface area contributed by atoms with E-state index in [4.69, 9.17) is 0 Å². The molecule has 0 aliphatic carbocycles. The number of hydrogen-bond donors (Lipinski definition) is 4. The van der Waals surface area contributed by atoms with E-state index in [0.29, 0.717) is 12.8 Å². The van der Waals surface area contributed by atoms with Gasteiger partial charge in [-0.15, -0.1) is 0 Å². The lowest BCUT2D eigenvalue weighted by atomic mass is 9.99. The Morgan fingerprint density at radius 3 is 0.960 bits per heavy atom. The van der Waals surface area contributed by atoms with Crippen molar-refractivity contribution in [3.8, 4) is 0 Å². The second-order valence-corrected chi connectivity index (χ2v) is 16.0. The minimum atomic E-state index is -1.13. The summed E-state index contributed by atoms with van der Waals surface area (Å²) in [7, 11) is 0. The zero-order valence-electron chi connectivity index (χ0n) is 34.1. The highest BCUT2D eigenvalue weighted by molar-refractivity contribution is 5.76. The van der Waals surface area contributed by atoms with Crippen molar-refractivity contribution >= 4 is 5.91 Å². The maximum Gasteiger partial charge on any atom is 0.220 e. The molecule has 0 heterocycles. The van der Waals surface area contributed by atoms with Crippen LogP contribution in [0, 0.1) is 0 Å². The van der Waals surface area contributed by atoms with Crippen LogP contribution < -0.4 is 5.32 Å². The molecule has 0 fully saturated rings. The van der Waals surface area contributed by atoms with Gasteiger partial charge in [-0.25, -0.2) is 0 Å². The lowest BCUT2D eigenvalue weighted by Crippen LogP contribution is -2.50. The van der Waals surface area contributed by atoms with Crippen molar-refractivity contribution in [3.63, 3.8) is 0 Å². The van der Waals surface area contributed by atoms with Crippen LogP contribution >= 0.6 is 0 Å². The molecule has 0 aliphatic rings. The van der Waals surface area contributed by atoms with Crippen molar-refractivity contribution in [1.29, 1.82) is 0 Å². The minimum Gasteiger partial charge on any atom is -0.394 e. The number of aliphatic hydroxyl groups is 3. The summed E-state index contributed by atoms with van der Waals surface area (Å²) < 4.78 is 0. The molecule has 50 heavy (non-hydrogen) atoms. The number of aliphatic hydroxyl groups excluding tert-OH is 3. The first-order chi connectivity index (χ1) is 24.6. The number of rotatable bonds is 42. The summed E-state index contributed by atoms with van der Waals surface area (Å²) in [5, 5.41) is 33.4. The highest BCUT2D eigenvalue weighted by Gasteiger charge is 2.26. The van der Waals surface area contributed by atoms with E-state index in [2.05, 4.69) is 19.2 Å². The molecular weight excluding hydrogens is 618 g/mol. The fourth-order valence-electron chi connectivity index (χ4n) is 7.40. The molecule has 0 spiro atoms. The molecule has 0 bridgehead atoms. The van der Waals surface area contributed by atoms with Gasteiger partial charge in [0.25, 0.3) is 0 Å². The van der Waals surface area contributed by atoms with Crippen LogP contribution in [0.2, 0.25) is 0 Å². The molecule has 5 heteroatoms. The Hall–Kier alpha value is -0.650. The minimum absolute atomic E-state index is 0.140. The van der Waals surface area contributed by atoms with Crippen molar-refractivity contribution in [1.82, 2.24) is 5.32 Å². The molecule has 0 rings (SSSR count). The molecule has 0 saturated carbocycles. The monoisotopic (exact) mass is 710 g/mol. The fourth-order valence-corrected chi connectivity index (χ4v) is 7.40. The zero-order chi connectivity index (χ0) is 36.6. The molecule has 0 aromatic rings. The van der Waals surface area contributed by atoms with Crippen LogP contribution in [-0.4, -0.2) is 46.1 Å². The van der Waals surface area contributed by atoms with E-state index in [-0.39, 0.29) is 12.5 Å². The van der Waals surface area contributed by atoms with Gasteiger partial charge in [0.2, 0.25) is 5.91 Å². The van der Waals surface area contributed by atoms with Crippen molar-refractivity contribution in [3.05, 3.63) is 0 Å². The fraction of sp³-hybridized carbons (Fsp3) is 0.978. The van der Waals surface area contributed by atoms with Gasteiger partial charge in [-0.05, 0) is 12.8 Å². The average Bonchev–Trinajstić information content (AvgIpc) is 3.12. The Morgan fingerprint density at radius 1 is 0.420 bits per heavy atom. The van der Waals surface area contributed by atoms with E-state index < -0.39 is 18.2 Å². The molecule has 3 atom stereocenters. The Morgan fingerprint density at radius 2 is 0.680 bits per heavy atom. The summed E-state index contributed by atoms with van der Waals surface area (Å²) >= 11 is 0. The predicted molar refractivity (Wildman–Crippen MR) is 218 cm³/mol. The third kappa shape index (κ3) is 35.7. The first-order valence-corrected chi connectivity index (χ1v) is 22.8. The van der Waals surface area contributed by atoms with Crippen LogP contribution in [-0.2, 0) is 4.79 Å². The van der Waals surface area contributed by atoms with Crippen LogP contribution in [0.25, 0.3) is 0 Å². The summed E-state index contributed by atoms with van der Waals surface area (Å²) in [5.41, 5.74) is 0. The highest BCUT2D eigenvalue weighted by atomic mass is 16.3. The number of carbonyl (C=O) groups is 1. The molecule has 1 amide bonds. The quantitative estimate of drug-likeness (QED) is 0.0475. The van der Waals surface area contributed by atoms with Gasteiger partial charge in [-0.1, -0.05) is 239 Å². The van der Waals surface area contributed by atoms with Gasteiger partial charge in [0.1, 0.15) is 6.10 Å². The van der Waals surface area contributed by atoms with Gasteiger partial charge in [-0.2, -0.15) is 0 Å². The maximum absolute atomic E-state index is 12.4. The molecule has 0 unspecified atom stereocenters. The van der Waals surface area contributed by atoms with Crippen LogP contribution in [0.1, 0.15) is 258 Å². The van der Waals surface area contributed by atoms with Gasteiger partial charge >= 0.3 is 0 Å². The summed E-state index contributed by atoms with van der Waals surface area (Å²) in [6.07, 6.45) is 46.6. The second-order valence-electron chi connectivity index (χ2n) is 16.0. The van der Waals surface area contributed by atoms with Gasteiger partial charge in [0.05, 0.1) is 18.8 Å². The highest BCUT2D eigenvalue weighted by Crippen LogP contribution is 2.17. The normalized spacial score (nSPS) is 13.5. The van der Waals surface area contributed by atoms with Gasteiger partial charge in [0.15, 0.2) is 0 Å². The summed E-state index contributed by atoms with van der Waals surface area (Å²) in [6.45, 7) is 4.18. The molecule has 4 N–H and O–H groups in total. The summed E-state index contributed by atoms with van der Waals surface area (Å²) in [4.78, 5) is 12.4. The predicted octanol–water partition coefficient (Wildman–Crippen LogP) is 13.0. The topological polar surface area (TPSA) is 89.8 Å². The second kappa shape index (κ2) is 41.1. The van der Waals surface area contributed by atoms with Crippen molar-refractivity contribution < 1.29 is 20.1 Å². The van der Waals surface area contributed by atoms with E-state index in [1.54, 1.807) is 0 Å². The lowest BCUT2D eigenvalue weighted by molar-refractivity contribution is -0.124. The number of amides is 1. The molecule has 0 aromatic carbocycles. The van der Waals surface area contributed by atoms with Gasteiger partial charge in [0, 0.05) is 6.42 Å². The molecule has 300 valence electrons. The number of nitrogens with one attached hydrogen (secondary N) is 1. The standard InChI is InChI=1S/C45H91NO4/c1-3-5-7-9-11-13-15-16-17-18-19-20-21-22-23-24-25-26-27-28-29-30-32-34-36-38-40-44(49)46-42(41-47)45(50)43(48)39-37-35-33-31-14-12-10-8-6-4-2/h42-43,45,47-48,50H,3-41H2,1-2H3,(H,46,49)/t42-,43+,45-/m0/s1. The summed E-state index contributed by atoms with van der Waals surface area (Å²) in [5.74, 6) is -0.140. The molecule has 5 nitrogen and oxygen atoms in total. The first-order valence-electron chi connectivity index (χ1n) is 22.8. The first kappa shape index (κ1) is 49.4. The number of carbonyl (C=O) groups excluding carboxylic acids is 1. The van der Waals surface area contributed by atoms with Crippen molar-refractivity contribution in [2.45, 2.75) is 276 Å². The SMILES string of the molecule is CCCCCCCCCCCCCCCCCCCCCCCCCCCCC(=O)N[C@@H](CO)[C@H](O)[C@H](O)CCCCCCCCCCCC.